The highest BCUT2D eigenvalue weighted by Gasteiger charge is 2.14. The topological polar surface area (TPSA) is 97.5 Å². The fourth-order valence-electron chi connectivity index (χ4n) is 0.268. The van der Waals surface area contributed by atoms with E-state index in [0.29, 0.717) is 10.8 Å². The van der Waals surface area contributed by atoms with Crippen molar-refractivity contribution in [2.24, 2.45) is 5.73 Å². The van der Waals surface area contributed by atoms with Crippen molar-refractivity contribution in [1.29, 1.82) is 0 Å². The molecule has 0 unspecified atom stereocenters. The van der Waals surface area contributed by atoms with Crippen LogP contribution in [0.4, 0.5) is 0 Å². The second kappa shape index (κ2) is 5.63. The first kappa shape index (κ1) is 14.5. The summed E-state index contributed by atoms with van der Waals surface area (Å²) in [6, 6.07) is -1.12. The Kier molecular flexibility index (Phi) is 6.82. The summed E-state index contributed by atoms with van der Waals surface area (Å²) in [4.78, 5) is 10.1. The van der Waals surface area contributed by atoms with Gasteiger partial charge in [-0.2, -0.15) is 0 Å². The fourth-order valence-corrected chi connectivity index (χ4v) is 1.99. The van der Waals surface area contributed by atoms with Crippen LogP contribution in [0.3, 0.4) is 0 Å². The molecule has 0 heterocycles. The van der Waals surface area contributed by atoms with E-state index < -0.39 is 20.9 Å². The van der Waals surface area contributed by atoms with Gasteiger partial charge >= 0.3 is 5.97 Å². The summed E-state index contributed by atoms with van der Waals surface area (Å²) >= 11 is 0. The molecule has 0 spiro atoms. The molecule has 3 N–H and O–H groups in total. The van der Waals surface area contributed by atoms with Gasteiger partial charge in [-0.25, -0.2) is 8.42 Å². The lowest BCUT2D eigenvalue weighted by Gasteiger charge is -2.02. The normalized spacial score (nSPS) is 13.2. The maximum Gasteiger partial charge on any atom is 0.321 e. The van der Waals surface area contributed by atoms with E-state index in [9.17, 15) is 13.2 Å². The van der Waals surface area contributed by atoms with E-state index in [-0.39, 0.29) is 18.2 Å². The number of carboxylic acid groups (broad SMARTS) is 1. The van der Waals surface area contributed by atoms with Crippen LogP contribution >= 0.6 is 23.2 Å². The summed E-state index contributed by atoms with van der Waals surface area (Å²) < 4.78 is 20.9. The van der Waals surface area contributed by atoms with E-state index in [1.165, 1.54) is 0 Å². The zero-order valence-electron chi connectivity index (χ0n) is 6.26. The van der Waals surface area contributed by atoms with Crippen molar-refractivity contribution in [3.05, 3.63) is 0 Å². The first-order chi connectivity index (χ1) is 4.83. The van der Waals surface area contributed by atoms with Crippen molar-refractivity contribution in [2.45, 2.75) is 6.04 Å². The van der Waals surface area contributed by atoms with Gasteiger partial charge in [0.1, 0.15) is 6.04 Å². The van der Waals surface area contributed by atoms with Crippen molar-refractivity contribution in [3.8, 4) is 0 Å². The smallest absolute Gasteiger partial charge is 0.321 e. The number of carboxylic acids is 1. The Morgan fingerprint density at radius 1 is 1.67 bits per heavy atom. The van der Waals surface area contributed by atoms with Gasteiger partial charge in [0.2, 0.25) is 0 Å². The molecular formula is C4H10ClNO4S2. The summed E-state index contributed by atoms with van der Waals surface area (Å²) in [6.45, 7) is 0. The molecule has 5 nitrogen and oxygen atoms in total. The highest BCUT2D eigenvalue weighted by Crippen LogP contribution is 2.09. The quantitative estimate of drug-likeness (QED) is 0.639. The molecule has 0 saturated heterocycles. The minimum absolute atomic E-state index is 0. The van der Waals surface area contributed by atoms with Gasteiger partial charge in [-0.1, -0.05) is 0 Å². The molecule has 0 rings (SSSR count). The van der Waals surface area contributed by atoms with Crippen LogP contribution in [0.15, 0.2) is 0 Å². The molecule has 74 valence electrons. The minimum atomic E-state index is -3.18. The summed E-state index contributed by atoms with van der Waals surface area (Å²) in [6.07, 6.45) is 1.01. The van der Waals surface area contributed by atoms with E-state index in [4.69, 9.17) is 10.8 Å². The molecule has 0 amide bonds. The minimum Gasteiger partial charge on any atom is -0.480 e. The number of hydrogen-bond acceptors (Lipinski definition) is 5. The molecule has 0 radical (unpaired) electrons. The predicted octanol–water partition coefficient (Wildman–Crippen LogP) is -0.487. The maximum absolute atomic E-state index is 10.5. The molecular weight excluding hydrogens is 226 g/mol. The Morgan fingerprint density at radius 3 is 2.33 bits per heavy atom. The standard InChI is InChI=1S/C4H9NO4S2.ClH/c1-11(8,9)10-2-3(5)4(6)7;/h3H,2,5H2,1H3,(H,6,7);1H/t3-;/m0./s1. The SMILES string of the molecule is CS(=O)(=O)SC[C@H](N)C(=O)O.Cl. The van der Waals surface area contributed by atoms with Crippen LogP contribution < -0.4 is 5.73 Å². The Morgan fingerprint density at radius 2 is 2.08 bits per heavy atom. The fraction of sp³-hybridized carbons (Fsp3) is 0.750. The second-order valence-electron chi connectivity index (χ2n) is 1.93. The second-order valence-corrected chi connectivity index (χ2v) is 6.43. The van der Waals surface area contributed by atoms with Gasteiger partial charge < -0.3 is 10.8 Å². The van der Waals surface area contributed by atoms with Gasteiger partial charge in [0, 0.05) is 12.0 Å². The summed E-state index contributed by atoms with van der Waals surface area (Å²) in [7, 11) is -2.64. The number of hydrogen-bond donors (Lipinski definition) is 2. The summed E-state index contributed by atoms with van der Waals surface area (Å²) in [5.41, 5.74) is 5.04. The third kappa shape index (κ3) is 8.12. The number of carbonyl (C=O) groups is 1. The van der Waals surface area contributed by atoms with Crippen molar-refractivity contribution < 1.29 is 18.3 Å². The lowest BCUT2D eigenvalue weighted by atomic mass is 10.4. The number of aliphatic carboxylic acids is 1. The maximum atomic E-state index is 10.5. The molecule has 0 saturated carbocycles. The number of rotatable bonds is 4. The number of halogens is 1. The van der Waals surface area contributed by atoms with Crippen LogP contribution in [0, 0.1) is 0 Å². The molecule has 0 aliphatic heterocycles. The average molecular weight is 236 g/mol. The summed E-state index contributed by atoms with van der Waals surface area (Å²) in [5.74, 6) is -1.31. The molecule has 0 aromatic rings. The van der Waals surface area contributed by atoms with Crippen LogP contribution in [0.1, 0.15) is 0 Å². The molecule has 0 aliphatic carbocycles. The third-order valence-electron chi connectivity index (χ3n) is 0.779. The van der Waals surface area contributed by atoms with Crippen molar-refractivity contribution in [1.82, 2.24) is 0 Å². The van der Waals surface area contributed by atoms with E-state index in [2.05, 4.69) is 0 Å². The Bertz CT molecular complexity index is 239. The molecule has 8 heteroatoms. The van der Waals surface area contributed by atoms with E-state index >= 15 is 0 Å². The van der Waals surface area contributed by atoms with Crippen molar-refractivity contribution in [2.75, 3.05) is 12.0 Å². The molecule has 12 heavy (non-hydrogen) atoms. The molecule has 0 aliphatic rings. The zero-order valence-corrected chi connectivity index (χ0v) is 8.71. The largest absolute Gasteiger partial charge is 0.480 e. The van der Waals surface area contributed by atoms with E-state index in [1.54, 1.807) is 0 Å². The van der Waals surface area contributed by atoms with Crippen LogP contribution in [0.2, 0.25) is 0 Å². The lowest BCUT2D eigenvalue weighted by Crippen LogP contribution is -2.32. The van der Waals surface area contributed by atoms with Gasteiger partial charge in [-0.05, 0) is 10.8 Å². The highest BCUT2D eigenvalue weighted by atomic mass is 35.5. The Balaban J connectivity index is 0. The van der Waals surface area contributed by atoms with Gasteiger partial charge in [0.25, 0.3) is 0 Å². The van der Waals surface area contributed by atoms with E-state index in [0.717, 1.165) is 6.26 Å². The van der Waals surface area contributed by atoms with Crippen molar-refractivity contribution >= 4 is 38.0 Å². The third-order valence-corrected chi connectivity index (χ3v) is 3.39. The first-order valence-corrected chi connectivity index (χ1v) is 6.05. The molecule has 0 aromatic carbocycles. The van der Waals surface area contributed by atoms with Crippen LogP contribution in [0.25, 0.3) is 0 Å². The van der Waals surface area contributed by atoms with Crippen LogP contribution in [0.5, 0.6) is 0 Å². The van der Waals surface area contributed by atoms with Gasteiger partial charge in [0.15, 0.2) is 8.87 Å². The monoisotopic (exact) mass is 235 g/mol. The average Bonchev–Trinajstić information content (AvgIpc) is 1.80. The van der Waals surface area contributed by atoms with Gasteiger partial charge in [0.05, 0.1) is 0 Å². The van der Waals surface area contributed by atoms with E-state index in [1.807, 2.05) is 0 Å². The molecule has 0 aromatic heterocycles. The molecule has 0 bridgehead atoms. The Hall–Kier alpha value is 0.0200. The Labute approximate surface area is 80.4 Å². The molecule has 1 atom stereocenters. The van der Waals surface area contributed by atoms with Crippen LogP contribution in [-0.4, -0.2) is 37.5 Å². The first-order valence-electron chi connectivity index (χ1n) is 2.65. The van der Waals surface area contributed by atoms with Gasteiger partial charge in [-0.15, -0.1) is 12.4 Å². The number of nitrogens with two attached hydrogens (primary N) is 1. The van der Waals surface area contributed by atoms with Crippen LogP contribution in [-0.2, 0) is 13.7 Å². The zero-order chi connectivity index (χ0) is 9.07. The highest BCUT2D eigenvalue weighted by molar-refractivity contribution is 8.71. The van der Waals surface area contributed by atoms with Gasteiger partial charge in [-0.3, -0.25) is 4.79 Å². The predicted molar refractivity (Wildman–Crippen MR) is 50.2 cm³/mol. The molecule has 0 fully saturated rings. The van der Waals surface area contributed by atoms with Crippen molar-refractivity contribution in [3.63, 3.8) is 0 Å². The lowest BCUT2D eigenvalue weighted by molar-refractivity contribution is -0.137. The summed E-state index contributed by atoms with van der Waals surface area (Å²) in [5, 5.41) is 8.25.